The quantitative estimate of drug-likeness (QED) is 0.778. The maximum Gasteiger partial charge on any atom is 0.123 e. The Bertz CT molecular complexity index is 703. The summed E-state index contributed by atoms with van der Waals surface area (Å²) < 4.78 is 1.94. The van der Waals surface area contributed by atoms with Crippen LogP contribution in [0.25, 0.3) is 16.9 Å². The highest BCUT2D eigenvalue weighted by molar-refractivity contribution is 6.30. The van der Waals surface area contributed by atoms with Gasteiger partial charge >= 0.3 is 0 Å². The van der Waals surface area contributed by atoms with Crippen molar-refractivity contribution < 1.29 is 0 Å². The second-order valence-electron chi connectivity index (χ2n) is 4.10. The summed E-state index contributed by atoms with van der Waals surface area (Å²) in [5.74, 6) is 0.494. The maximum atomic E-state index is 6.02. The van der Waals surface area contributed by atoms with E-state index in [0.29, 0.717) is 10.8 Å². The molecule has 94 valence electrons. The van der Waals surface area contributed by atoms with E-state index >= 15 is 0 Å². The lowest BCUT2D eigenvalue weighted by molar-refractivity contribution is 1.05. The van der Waals surface area contributed by atoms with Crippen LogP contribution in [-0.4, -0.2) is 14.5 Å². The summed E-state index contributed by atoms with van der Waals surface area (Å²) in [5, 5.41) is 0.695. The third kappa shape index (κ3) is 2.30. The van der Waals surface area contributed by atoms with E-state index in [1.165, 1.54) is 0 Å². The second kappa shape index (κ2) is 4.74. The molecular formula is C14H11ClN4. The van der Waals surface area contributed by atoms with Gasteiger partial charge in [-0.2, -0.15) is 0 Å². The van der Waals surface area contributed by atoms with Gasteiger partial charge in [-0.05, 0) is 24.3 Å². The molecule has 0 aliphatic heterocycles. The number of benzene rings is 1. The fourth-order valence-electron chi connectivity index (χ4n) is 1.90. The van der Waals surface area contributed by atoms with Gasteiger partial charge in [0.25, 0.3) is 0 Å². The molecule has 0 aliphatic carbocycles. The van der Waals surface area contributed by atoms with Crippen molar-refractivity contribution in [2.75, 3.05) is 5.73 Å². The minimum Gasteiger partial charge on any atom is -0.384 e. The largest absolute Gasteiger partial charge is 0.384 e. The van der Waals surface area contributed by atoms with E-state index in [1.54, 1.807) is 24.8 Å². The molecule has 0 atom stereocenters. The Balaban J connectivity index is 2.10. The minimum atomic E-state index is 0.494. The predicted molar refractivity (Wildman–Crippen MR) is 76.2 cm³/mol. The molecule has 5 heteroatoms. The topological polar surface area (TPSA) is 56.7 Å². The van der Waals surface area contributed by atoms with Crippen LogP contribution in [0, 0.1) is 0 Å². The molecular weight excluding hydrogens is 260 g/mol. The molecule has 0 amide bonds. The number of hydrogen-bond acceptors (Lipinski definition) is 3. The third-order valence-corrected chi connectivity index (χ3v) is 3.04. The Morgan fingerprint density at radius 1 is 1.11 bits per heavy atom. The first-order valence-electron chi connectivity index (χ1n) is 5.74. The van der Waals surface area contributed by atoms with E-state index in [-0.39, 0.29) is 0 Å². The number of nitrogens with zero attached hydrogens (tertiary/aromatic N) is 3. The van der Waals surface area contributed by atoms with E-state index in [9.17, 15) is 0 Å². The maximum absolute atomic E-state index is 6.02. The van der Waals surface area contributed by atoms with Crippen LogP contribution in [-0.2, 0) is 0 Å². The summed E-state index contributed by atoms with van der Waals surface area (Å²) in [5.41, 5.74) is 8.45. The first-order valence-corrected chi connectivity index (χ1v) is 6.12. The highest BCUT2D eigenvalue weighted by Crippen LogP contribution is 2.24. The van der Waals surface area contributed by atoms with Crippen LogP contribution in [0.4, 0.5) is 5.82 Å². The summed E-state index contributed by atoms with van der Waals surface area (Å²) in [6, 6.07) is 11.3. The normalized spacial score (nSPS) is 10.6. The molecule has 0 unspecified atom stereocenters. The Kier molecular flexibility index (Phi) is 2.93. The molecule has 0 bridgehead atoms. The number of halogens is 1. The molecule has 0 fully saturated rings. The van der Waals surface area contributed by atoms with Crippen molar-refractivity contribution >= 4 is 17.4 Å². The van der Waals surface area contributed by atoms with Gasteiger partial charge in [0, 0.05) is 10.6 Å². The number of anilines is 1. The molecule has 0 spiro atoms. The van der Waals surface area contributed by atoms with Crippen molar-refractivity contribution in [3.63, 3.8) is 0 Å². The number of rotatable bonds is 2. The number of hydrogen-bond donors (Lipinski definition) is 1. The first-order chi connectivity index (χ1) is 9.24. The molecule has 1 aromatic carbocycles. The van der Waals surface area contributed by atoms with Gasteiger partial charge in [-0.3, -0.25) is 4.57 Å². The molecule has 2 aromatic heterocycles. The van der Waals surface area contributed by atoms with Crippen molar-refractivity contribution in [2.45, 2.75) is 0 Å². The van der Waals surface area contributed by atoms with Crippen molar-refractivity contribution in [3.8, 4) is 16.9 Å². The van der Waals surface area contributed by atoms with E-state index in [1.807, 2.05) is 34.9 Å². The molecule has 2 N–H and O–H groups in total. The SMILES string of the molecule is Nc1ccc(-n2cncc2-c2cccc(Cl)c2)cn1. The standard InChI is InChI=1S/C14H11ClN4/c15-11-3-1-2-10(6-11)13-8-17-9-19(13)12-4-5-14(16)18-7-12/h1-9H,(H2,16,18). The van der Waals surface area contributed by atoms with Gasteiger partial charge < -0.3 is 5.73 Å². The number of nitrogens with two attached hydrogens (primary N) is 1. The van der Waals surface area contributed by atoms with Crippen LogP contribution in [0.3, 0.4) is 0 Å². The summed E-state index contributed by atoms with van der Waals surface area (Å²) in [4.78, 5) is 8.28. The fraction of sp³-hybridized carbons (Fsp3) is 0. The molecule has 0 radical (unpaired) electrons. The Morgan fingerprint density at radius 2 is 2.00 bits per heavy atom. The Labute approximate surface area is 115 Å². The second-order valence-corrected chi connectivity index (χ2v) is 4.54. The van der Waals surface area contributed by atoms with Crippen molar-refractivity contribution in [2.24, 2.45) is 0 Å². The van der Waals surface area contributed by atoms with Crippen molar-refractivity contribution in [1.29, 1.82) is 0 Å². The van der Waals surface area contributed by atoms with Gasteiger partial charge in [0.2, 0.25) is 0 Å². The number of pyridine rings is 1. The fourth-order valence-corrected chi connectivity index (χ4v) is 2.09. The average Bonchev–Trinajstić information content (AvgIpc) is 2.89. The van der Waals surface area contributed by atoms with E-state index in [2.05, 4.69) is 9.97 Å². The van der Waals surface area contributed by atoms with Crippen LogP contribution < -0.4 is 5.73 Å². The summed E-state index contributed by atoms with van der Waals surface area (Å²) in [6.45, 7) is 0. The molecule has 2 heterocycles. The van der Waals surface area contributed by atoms with Gasteiger partial charge in [-0.1, -0.05) is 23.7 Å². The lowest BCUT2D eigenvalue weighted by atomic mass is 10.1. The number of imidazole rings is 1. The highest BCUT2D eigenvalue weighted by atomic mass is 35.5. The van der Waals surface area contributed by atoms with Gasteiger partial charge in [0.05, 0.1) is 30.1 Å². The zero-order chi connectivity index (χ0) is 13.2. The van der Waals surface area contributed by atoms with Crippen LogP contribution in [0.2, 0.25) is 5.02 Å². The van der Waals surface area contributed by atoms with Gasteiger partial charge in [-0.25, -0.2) is 9.97 Å². The van der Waals surface area contributed by atoms with Crippen LogP contribution in [0.15, 0.2) is 55.1 Å². The zero-order valence-corrected chi connectivity index (χ0v) is 10.7. The van der Waals surface area contributed by atoms with Gasteiger partial charge in [0.1, 0.15) is 5.82 Å². The van der Waals surface area contributed by atoms with E-state index in [4.69, 9.17) is 17.3 Å². The molecule has 4 nitrogen and oxygen atoms in total. The number of nitrogen functional groups attached to an aromatic ring is 1. The first kappa shape index (κ1) is 11.7. The summed E-state index contributed by atoms with van der Waals surface area (Å²) in [7, 11) is 0. The molecule has 19 heavy (non-hydrogen) atoms. The highest BCUT2D eigenvalue weighted by Gasteiger charge is 2.07. The van der Waals surface area contributed by atoms with Crippen molar-refractivity contribution in [1.82, 2.24) is 14.5 Å². The average molecular weight is 271 g/mol. The molecule has 3 rings (SSSR count). The van der Waals surface area contributed by atoms with Crippen molar-refractivity contribution in [3.05, 3.63) is 60.1 Å². The predicted octanol–water partition coefficient (Wildman–Crippen LogP) is 3.17. The van der Waals surface area contributed by atoms with Gasteiger partial charge in [-0.15, -0.1) is 0 Å². The third-order valence-electron chi connectivity index (χ3n) is 2.81. The minimum absolute atomic E-state index is 0.494. The molecule has 0 aliphatic rings. The molecule has 0 saturated heterocycles. The monoisotopic (exact) mass is 270 g/mol. The lowest BCUT2D eigenvalue weighted by Gasteiger charge is -2.08. The Morgan fingerprint density at radius 3 is 2.74 bits per heavy atom. The molecule has 3 aromatic rings. The summed E-state index contributed by atoms with van der Waals surface area (Å²) in [6.07, 6.45) is 5.25. The molecule has 0 saturated carbocycles. The van der Waals surface area contributed by atoms with Crippen LogP contribution in [0.5, 0.6) is 0 Å². The van der Waals surface area contributed by atoms with Crippen LogP contribution >= 0.6 is 11.6 Å². The Hall–Kier alpha value is -2.33. The van der Waals surface area contributed by atoms with E-state index in [0.717, 1.165) is 16.9 Å². The lowest BCUT2D eigenvalue weighted by Crippen LogP contribution is -1.97. The smallest absolute Gasteiger partial charge is 0.123 e. The van der Waals surface area contributed by atoms with Crippen LogP contribution in [0.1, 0.15) is 0 Å². The van der Waals surface area contributed by atoms with E-state index < -0.39 is 0 Å². The van der Waals surface area contributed by atoms with Gasteiger partial charge in [0.15, 0.2) is 0 Å². The summed E-state index contributed by atoms with van der Waals surface area (Å²) >= 11 is 6.02. The number of aromatic nitrogens is 3. The zero-order valence-electron chi connectivity index (χ0n) is 9.99.